The van der Waals surface area contributed by atoms with E-state index >= 15 is 0 Å². The summed E-state index contributed by atoms with van der Waals surface area (Å²) in [5.41, 5.74) is 2.70. The number of methoxy groups -OCH3 is 1. The van der Waals surface area contributed by atoms with Crippen LogP contribution in [0.4, 0.5) is 4.79 Å². The summed E-state index contributed by atoms with van der Waals surface area (Å²) in [5.74, 6) is -0.103. The Morgan fingerprint density at radius 3 is 2.34 bits per heavy atom. The number of carbonyl (C=O) groups is 1. The molecule has 1 saturated heterocycles. The number of fused-ring (bicyclic) bond motifs is 1. The molecule has 0 spiro atoms. The Morgan fingerprint density at radius 1 is 1.03 bits per heavy atom. The zero-order valence-corrected chi connectivity index (χ0v) is 24.7. The third kappa shape index (κ3) is 6.15. The molecular formula is C30H41NO6Si. The van der Waals surface area contributed by atoms with E-state index in [1.165, 1.54) is 0 Å². The van der Waals surface area contributed by atoms with Crippen LogP contribution < -0.4 is 10.1 Å². The van der Waals surface area contributed by atoms with Crippen molar-refractivity contribution in [3.8, 4) is 5.75 Å². The molecule has 0 aromatic heterocycles. The summed E-state index contributed by atoms with van der Waals surface area (Å²) >= 11 is 0. The van der Waals surface area contributed by atoms with Gasteiger partial charge in [-0.15, -0.1) is 0 Å². The van der Waals surface area contributed by atoms with Gasteiger partial charge in [0.2, 0.25) is 0 Å². The van der Waals surface area contributed by atoms with Crippen molar-refractivity contribution in [1.82, 2.24) is 5.32 Å². The molecule has 38 heavy (non-hydrogen) atoms. The molecule has 1 aliphatic carbocycles. The van der Waals surface area contributed by atoms with E-state index in [0.717, 1.165) is 22.4 Å². The number of hydrogen-bond donors (Lipinski definition) is 1. The Morgan fingerprint density at radius 2 is 1.68 bits per heavy atom. The largest absolute Gasteiger partial charge is 0.496 e. The molecule has 0 saturated carbocycles. The van der Waals surface area contributed by atoms with Crippen molar-refractivity contribution in [2.75, 3.05) is 7.11 Å². The zero-order valence-electron chi connectivity index (χ0n) is 23.7. The van der Waals surface area contributed by atoms with E-state index in [1.807, 2.05) is 74.5 Å². The van der Waals surface area contributed by atoms with E-state index in [0.29, 0.717) is 0 Å². The van der Waals surface area contributed by atoms with Crippen LogP contribution >= 0.6 is 0 Å². The smallest absolute Gasteiger partial charge is 0.408 e. The summed E-state index contributed by atoms with van der Waals surface area (Å²) in [7, 11) is -0.615. The first-order valence-corrected chi connectivity index (χ1v) is 16.1. The van der Waals surface area contributed by atoms with Gasteiger partial charge < -0.3 is 28.7 Å². The number of carbonyl (C=O) groups excluding carboxylic acids is 1. The Kier molecular flexibility index (Phi) is 8.09. The molecule has 4 rings (SSSR count). The van der Waals surface area contributed by atoms with Crippen molar-refractivity contribution in [3.05, 3.63) is 71.8 Å². The van der Waals surface area contributed by atoms with Crippen LogP contribution in [0.15, 0.2) is 60.7 Å². The number of alkyl carbamates (subject to hydrolysis) is 1. The molecular weight excluding hydrogens is 498 g/mol. The van der Waals surface area contributed by atoms with E-state index in [-0.39, 0.29) is 11.6 Å². The molecule has 1 fully saturated rings. The van der Waals surface area contributed by atoms with Gasteiger partial charge in [-0.3, -0.25) is 0 Å². The monoisotopic (exact) mass is 539 g/mol. The second-order valence-corrected chi connectivity index (χ2v) is 16.7. The zero-order chi connectivity index (χ0) is 27.7. The van der Waals surface area contributed by atoms with Crippen molar-refractivity contribution in [2.24, 2.45) is 0 Å². The third-order valence-electron chi connectivity index (χ3n) is 7.62. The van der Waals surface area contributed by atoms with Crippen molar-refractivity contribution in [2.45, 2.75) is 89.5 Å². The van der Waals surface area contributed by atoms with Crippen molar-refractivity contribution in [1.29, 1.82) is 0 Å². The number of ether oxygens (including phenoxy) is 4. The van der Waals surface area contributed by atoms with Gasteiger partial charge >= 0.3 is 6.09 Å². The highest BCUT2D eigenvalue weighted by atomic mass is 28.4. The van der Waals surface area contributed by atoms with Gasteiger partial charge in [-0.05, 0) is 49.2 Å². The Bertz CT molecular complexity index is 1160. The number of rotatable bonds is 7. The summed E-state index contributed by atoms with van der Waals surface area (Å²) in [6, 6.07) is 16.9. The van der Waals surface area contributed by atoms with Crippen LogP contribution in [0.2, 0.25) is 18.1 Å². The summed E-state index contributed by atoms with van der Waals surface area (Å²) in [4.78, 5) is 13.1. The first-order chi connectivity index (χ1) is 17.8. The lowest BCUT2D eigenvalue weighted by Gasteiger charge is -2.45. The minimum atomic E-state index is -2.26. The Labute approximate surface area is 227 Å². The predicted molar refractivity (Wildman–Crippen MR) is 150 cm³/mol. The van der Waals surface area contributed by atoms with Crippen LogP contribution in [0.25, 0.3) is 5.57 Å². The van der Waals surface area contributed by atoms with Crippen molar-refractivity contribution >= 4 is 20.0 Å². The van der Waals surface area contributed by atoms with E-state index in [4.69, 9.17) is 23.4 Å². The summed E-state index contributed by atoms with van der Waals surface area (Å²) < 4.78 is 31.2. The van der Waals surface area contributed by atoms with E-state index in [1.54, 1.807) is 7.11 Å². The van der Waals surface area contributed by atoms with Crippen molar-refractivity contribution in [3.63, 3.8) is 0 Å². The highest BCUT2D eigenvalue weighted by molar-refractivity contribution is 6.74. The van der Waals surface area contributed by atoms with E-state index in [2.05, 4.69) is 39.2 Å². The number of nitrogens with one attached hydrogen (secondary N) is 1. The quantitative estimate of drug-likeness (QED) is 0.416. The van der Waals surface area contributed by atoms with Crippen LogP contribution in [0.1, 0.15) is 45.7 Å². The van der Waals surface area contributed by atoms with Gasteiger partial charge in [0.15, 0.2) is 14.1 Å². The van der Waals surface area contributed by atoms with Gasteiger partial charge in [0.1, 0.15) is 24.6 Å². The number of amides is 1. The molecule has 1 heterocycles. The average Bonchev–Trinajstić information content (AvgIpc) is 3.19. The Balaban J connectivity index is 1.72. The Hall–Kier alpha value is -2.65. The number of hydrogen-bond acceptors (Lipinski definition) is 6. The van der Waals surface area contributed by atoms with Gasteiger partial charge in [0.25, 0.3) is 0 Å². The first-order valence-electron chi connectivity index (χ1n) is 13.2. The fraction of sp³-hybridized carbons (Fsp3) is 0.500. The molecule has 206 valence electrons. The standard InChI is InChI=1S/C30H41NO6Si/c1-29(2,3)38(7,8)37-26-23(31-28(32)34-19-20-14-10-9-11-15-20)18-22(21-16-12-13-17-24(21)33-6)25-27(26)36-30(4,5)35-25/h9-18,23,25-27H,19H2,1-8H3,(H,31,32)/t23-,25-,26-,27-/m1/s1. The lowest BCUT2D eigenvalue weighted by atomic mass is 9.84. The van der Waals surface area contributed by atoms with Crippen LogP contribution in [0.3, 0.4) is 0 Å². The lowest BCUT2D eigenvalue weighted by molar-refractivity contribution is -0.152. The average molecular weight is 540 g/mol. The fourth-order valence-corrected chi connectivity index (χ4v) is 5.98. The molecule has 2 aromatic carbocycles. The van der Waals surface area contributed by atoms with Gasteiger partial charge in [-0.1, -0.05) is 75.4 Å². The topological polar surface area (TPSA) is 75.3 Å². The first kappa shape index (κ1) is 28.4. The van der Waals surface area contributed by atoms with E-state index in [9.17, 15) is 4.79 Å². The molecule has 0 unspecified atom stereocenters. The number of para-hydroxylation sites is 1. The maximum Gasteiger partial charge on any atom is 0.408 e. The maximum absolute atomic E-state index is 13.1. The maximum atomic E-state index is 13.1. The summed E-state index contributed by atoms with van der Waals surface area (Å²) in [6.45, 7) is 15.0. The molecule has 4 atom stereocenters. The lowest BCUT2D eigenvalue weighted by Crippen LogP contribution is -2.59. The molecule has 0 bridgehead atoms. The molecule has 1 N–H and O–H groups in total. The van der Waals surface area contributed by atoms with Gasteiger partial charge in [-0.2, -0.15) is 0 Å². The second kappa shape index (κ2) is 10.8. The minimum Gasteiger partial charge on any atom is -0.496 e. The molecule has 1 aliphatic heterocycles. The summed E-state index contributed by atoms with van der Waals surface area (Å²) in [5, 5.41) is 3.03. The second-order valence-electron chi connectivity index (χ2n) is 11.9. The molecule has 7 nitrogen and oxygen atoms in total. The van der Waals surface area contributed by atoms with Crippen LogP contribution in [0.5, 0.6) is 5.75 Å². The van der Waals surface area contributed by atoms with Gasteiger partial charge in [0.05, 0.1) is 19.3 Å². The van der Waals surface area contributed by atoms with Crippen molar-refractivity contribution < 1.29 is 28.2 Å². The summed E-state index contributed by atoms with van der Waals surface area (Å²) in [6.07, 6.45) is 0.198. The highest BCUT2D eigenvalue weighted by Gasteiger charge is 2.54. The van der Waals surface area contributed by atoms with Crippen LogP contribution in [-0.4, -0.2) is 51.7 Å². The molecule has 2 aliphatic rings. The van der Waals surface area contributed by atoms with E-state index < -0.39 is 44.6 Å². The normalized spacial score (nSPS) is 24.8. The molecule has 0 radical (unpaired) electrons. The minimum absolute atomic E-state index is 0.0392. The fourth-order valence-electron chi connectivity index (χ4n) is 4.67. The highest BCUT2D eigenvalue weighted by Crippen LogP contribution is 2.46. The van der Waals surface area contributed by atoms with Gasteiger partial charge in [-0.25, -0.2) is 4.79 Å². The number of benzene rings is 2. The third-order valence-corrected chi connectivity index (χ3v) is 12.1. The predicted octanol–water partition coefficient (Wildman–Crippen LogP) is 6.30. The molecule has 8 heteroatoms. The SMILES string of the molecule is COc1ccccc1C1=C[C@@H](NC(=O)OCc2ccccc2)[C@@H](O[Si](C)(C)C(C)(C)C)[C@@H]2OC(C)(C)O[C@H]12. The molecule has 1 amide bonds. The van der Waals surface area contributed by atoms with Crippen LogP contribution in [0, 0.1) is 0 Å². The molecule has 2 aromatic rings. The van der Waals surface area contributed by atoms with Crippen LogP contribution in [-0.2, 0) is 25.2 Å². The van der Waals surface area contributed by atoms with Gasteiger partial charge in [0, 0.05) is 5.56 Å².